The van der Waals surface area contributed by atoms with E-state index in [9.17, 15) is 0 Å². The van der Waals surface area contributed by atoms with Crippen molar-refractivity contribution < 1.29 is 12.4 Å². The van der Waals surface area contributed by atoms with Gasteiger partial charge in [0.05, 0.1) is 13.4 Å². The van der Waals surface area contributed by atoms with Gasteiger partial charge in [0.15, 0.2) is 0 Å². The molecule has 3 aromatic rings. The number of hydrogen-bond donors (Lipinski definition) is 2. The van der Waals surface area contributed by atoms with Crippen LogP contribution in [0.25, 0.3) is 10.9 Å². The molecule has 0 saturated carbocycles. The predicted molar refractivity (Wildman–Crippen MR) is 75.1 cm³/mol. The first kappa shape index (κ1) is 5.46. The largest absolute Gasteiger partial charge is 0.361 e. The molecule has 0 amide bonds. The quantitative estimate of drug-likeness (QED) is 0.735. The predicted octanol–water partition coefficient (Wildman–Crippen LogP) is 1.57. The fourth-order valence-corrected chi connectivity index (χ4v) is 1.80. The van der Waals surface area contributed by atoms with E-state index in [1.54, 1.807) is 0 Å². The second-order valence-corrected chi connectivity index (χ2v) is 3.90. The van der Waals surface area contributed by atoms with Crippen LogP contribution in [0, 0.1) is 0 Å². The Bertz CT molecular complexity index is 993. The lowest BCUT2D eigenvalue weighted by atomic mass is 10.1. The third-order valence-electron chi connectivity index (χ3n) is 2.66. The summed E-state index contributed by atoms with van der Waals surface area (Å²) in [4.78, 5) is 6.50. The Morgan fingerprint density at radius 1 is 1.63 bits per heavy atom. The highest BCUT2D eigenvalue weighted by Gasteiger charge is 2.05. The fourth-order valence-electron chi connectivity index (χ4n) is 1.80. The van der Waals surface area contributed by atoms with Crippen molar-refractivity contribution in [3.05, 3.63) is 48.1 Å². The normalized spacial score (nSPS) is 19.7. The molecule has 0 radical (unpaired) electrons. The van der Waals surface area contributed by atoms with Crippen LogP contribution >= 0.6 is 0 Å². The van der Waals surface area contributed by atoms with E-state index in [-0.39, 0.29) is 41.5 Å². The molecular weight excluding hydrogens is 238 g/mol. The van der Waals surface area contributed by atoms with Gasteiger partial charge in [0.2, 0.25) is 0 Å². The Kier molecular flexibility index (Phi) is 1.51. The Hall–Kier alpha value is -2.14. The molecule has 5 heteroatoms. The second kappa shape index (κ2) is 5.24. The molecule has 0 aliphatic heterocycles. The molecule has 0 aliphatic rings. The van der Waals surface area contributed by atoms with E-state index in [1.165, 1.54) is 6.20 Å². The van der Waals surface area contributed by atoms with Crippen LogP contribution in [0.3, 0.4) is 0 Å². The molecule has 2 heterocycles. The minimum atomic E-state index is -2.58. The molecule has 0 unspecified atom stereocenters. The van der Waals surface area contributed by atoms with Crippen LogP contribution in [0.1, 0.15) is 22.1 Å². The van der Waals surface area contributed by atoms with Gasteiger partial charge in [-0.25, -0.2) is 9.67 Å². The van der Waals surface area contributed by atoms with Crippen molar-refractivity contribution in [1.29, 1.82) is 0 Å². The average Bonchev–Trinajstić information content (AvgIpc) is 3.26. The first-order chi connectivity index (χ1) is 13.0. The number of H-pyrrole nitrogens is 1. The summed E-state index contributed by atoms with van der Waals surface area (Å²) >= 11 is 0. The molecule has 0 bridgehead atoms. The molecule has 3 rings (SSSR count). The molecule has 0 aliphatic carbocycles. The van der Waals surface area contributed by atoms with Gasteiger partial charge >= 0.3 is 0 Å². The highest BCUT2D eigenvalue weighted by atomic mass is 15.3. The number of aromatic amines is 1. The van der Waals surface area contributed by atoms with Crippen molar-refractivity contribution in [3.8, 4) is 0 Å². The fraction of sp³-hybridized carbons (Fsp3) is 0.286. The van der Waals surface area contributed by atoms with Crippen LogP contribution in [-0.4, -0.2) is 33.3 Å². The summed E-state index contributed by atoms with van der Waals surface area (Å²) in [6.45, 7) is -5.12. The van der Waals surface area contributed by atoms with Crippen molar-refractivity contribution in [2.24, 2.45) is 0 Å². The molecule has 19 heavy (non-hydrogen) atoms. The average molecular weight is 264 g/mol. The van der Waals surface area contributed by atoms with E-state index in [1.807, 2.05) is 0 Å². The molecule has 0 saturated heterocycles. The minimum absolute atomic E-state index is 0.0936. The third-order valence-corrected chi connectivity index (χ3v) is 2.66. The van der Waals surface area contributed by atoms with Crippen LogP contribution < -0.4 is 5.31 Å². The standard InChI is InChI=1S/C14H17N5/c1-15-5-4-12-7-17-14-3-2-11(6-13(12)14)8-19-10-16-9-18-19/h2-3,6-7,9-10,15,17H,4-5,8H2,1H3/i1D3,2D,3D,6D,8D2/hD. The molecular formula is C14H17N5. The van der Waals surface area contributed by atoms with E-state index in [0.29, 0.717) is 10.9 Å². The summed E-state index contributed by atoms with van der Waals surface area (Å²) < 4.78 is 71.7. The molecule has 1 aromatic carbocycles. The summed E-state index contributed by atoms with van der Waals surface area (Å²) in [5.41, 5.74) is 0.314. The van der Waals surface area contributed by atoms with Gasteiger partial charge < -0.3 is 10.3 Å². The summed E-state index contributed by atoms with van der Waals surface area (Å²) in [5, 5.41) is 4.42. The number of rotatable bonds is 5. The van der Waals surface area contributed by atoms with Gasteiger partial charge in [-0.15, -0.1) is 0 Å². The van der Waals surface area contributed by atoms with Gasteiger partial charge in [-0.2, -0.15) is 5.10 Å². The Morgan fingerprint density at radius 3 is 3.47 bits per heavy atom. The zero-order valence-corrected chi connectivity index (χ0v) is 9.94. The van der Waals surface area contributed by atoms with Gasteiger partial charge in [0.1, 0.15) is 14.1 Å². The summed E-state index contributed by atoms with van der Waals surface area (Å²) in [5.74, 6) is 0. The number of nitrogens with one attached hydrogen (secondary N) is 2. The lowest BCUT2D eigenvalue weighted by Crippen LogP contribution is -2.09. The van der Waals surface area contributed by atoms with E-state index >= 15 is 0 Å². The monoisotopic (exact) mass is 264 g/mol. The third kappa shape index (κ3) is 2.51. The number of aromatic nitrogens is 4. The molecule has 2 aromatic heterocycles. The van der Waals surface area contributed by atoms with Crippen molar-refractivity contribution in [2.75, 3.05) is 13.5 Å². The van der Waals surface area contributed by atoms with Crippen LogP contribution in [0.4, 0.5) is 0 Å². The number of hydrogen-bond acceptors (Lipinski definition) is 3. The van der Waals surface area contributed by atoms with E-state index in [2.05, 4.69) is 15.1 Å². The molecule has 0 fully saturated rings. The van der Waals surface area contributed by atoms with Crippen LogP contribution in [0.5, 0.6) is 0 Å². The van der Waals surface area contributed by atoms with Gasteiger partial charge in [-0.1, -0.05) is 6.04 Å². The number of fused-ring (bicyclic) bond motifs is 1. The number of likely N-dealkylation sites (N-methyl/N-ethyl adjacent to an activating group) is 1. The molecule has 5 nitrogen and oxygen atoms in total. The maximum absolute atomic E-state index is 8.50. The maximum Gasteiger partial charge on any atom is 0.137 e. The van der Waals surface area contributed by atoms with E-state index < -0.39 is 19.5 Å². The zero-order chi connectivity index (χ0) is 20.9. The molecule has 2 N–H and O–H groups in total. The summed E-state index contributed by atoms with van der Waals surface area (Å²) in [6.07, 6.45) is 3.84. The Balaban J connectivity index is 2.12. The number of nitrogens with zero attached hydrogens (tertiary/aromatic N) is 3. The first-order valence-corrected chi connectivity index (χ1v) is 5.68. The molecule has 98 valence electrons. The highest BCUT2D eigenvalue weighted by molar-refractivity contribution is 5.83. The zero-order valence-electron chi connectivity index (χ0n) is 18.9. The van der Waals surface area contributed by atoms with E-state index in [0.717, 1.165) is 17.3 Å². The minimum Gasteiger partial charge on any atom is -0.361 e. The van der Waals surface area contributed by atoms with Crippen LogP contribution in [-0.2, 0) is 12.9 Å². The van der Waals surface area contributed by atoms with Crippen molar-refractivity contribution in [3.63, 3.8) is 0 Å². The summed E-state index contributed by atoms with van der Waals surface area (Å²) in [7, 11) is 0. The lowest BCUT2D eigenvalue weighted by Gasteiger charge is -2.03. The number of benzene rings is 1. The van der Waals surface area contributed by atoms with Gasteiger partial charge in [-0.05, 0) is 43.2 Å². The maximum atomic E-state index is 8.50. The topological polar surface area (TPSA) is 58.5 Å². The lowest BCUT2D eigenvalue weighted by molar-refractivity contribution is 0.685. The second-order valence-electron chi connectivity index (χ2n) is 3.90. The van der Waals surface area contributed by atoms with Gasteiger partial charge in [0.25, 0.3) is 0 Å². The SMILES string of the molecule is [2H]c1c(C([2H])([2H])n2cncn2)c([2H])c2c(CCN([2H])C([2H])([2H])[2H])c[nH]c2c1[2H]. The van der Waals surface area contributed by atoms with Gasteiger partial charge in [-0.3, -0.25) is 0 Å². The van der Waals surface area contributed by atoms with Crippen molar-refractivity contribution >= 4 is 10.9 Å². The molecule has 0 atom stereocenters. The first-order valence-electron chi connectivity index (χ1n) is 10.1. The van der Waals surface area contributed by atoms with Crippen LogP contribution in [0.15, 0.2) is 37.0 Å². The van der Waals surface area contributed by atoms with E-state index in [4.69, 9.17) is 12.4 Å². The Morgan fingerprint density at radius 2 is 2.63 bits per heavy atom. The smallest absolute Gasteiger partial charge is 0.137 e. The Labute approximate surface area is 124 Å². The van der Waals surface area contributed by atoms with Gasteiger partial charge in [0, 0.05) is 21.2 Å². The summed E-state index contributed by atoms with van der Waals surface area (Å²) in [6, 6.07) is -1.02. The van der Waals surface area contributed by atoms with Crippen molar-refractivity contribution in [2.45, 2.75) is 12.9 Å². The van der Waals surface area contributed by atoms with Crippen molar-refractivity contribution in [1.82, 2.24) is 25.1 Å². The molecule has 0 spiro atoms. The van der Waals surface area contributed by atoms with Crippen LogP contribution in [0.2, 0.25) is 1.41 Å². The highest BCUT2D eigenvalue weighted by Crippen LogP contribution is 2.20.